The standard InChI is InChI=1S/C13H17BrFNS/c1-4-16-12-11-8(7-17-13(12,2)3)10(15)6-5-9(11)14/h5-6,12,16H,4,7H2,1-3H3. The maximum Gasteiger partial charge on any atom is 0.127 e. The lowest BCUT2D eigenvalue weighted by molar-refractivity contribution is 0.443. The number of thioether (sulfide) groups is 1. The summed E-state index contributed by atoms with van der Waals surface area (Å²) in [5, 5.41) is 3.48. The Kier molecular flexibility index (Phi) is 3.86. The van der Waals surface area contributed by atoms with Gasteiger partial charge in [0, 0.05) is 26.6 Å². The summed E-state index contributed by atoms with van der Waals surface area (Å²) >= 11 is 5.37. The van der Waals surface area contributed by atoms with Gasteiger partial charge in [-0.1, -0.05) is 22.9 Å². The van der Waals surface area contributed by atoms with Gasteiger partial charge < -0.3 is 5.32 Å². The molecule has 1 atom stereocenters. The van der Waals surface area contributed by atoms with E-state index in [-0.39, 0.29) is 16.6 Å². The Labute approximate surface area is 115 Å². The SMILES string of the molecule is CCNC1c2c(Br)ccc(F)c2CSC1(C)C. The fourth-order valence-corrected chi connectivity index (χ4v) is 4.09. The highest BCUT2D eigenvalue weighted by Crippen LogP contribution is 2.48. The number of halogens is 2. The zero-order valence-electron chi connectivity index (χ0n) is 10.3. The summed E-state index contributed by atoms with van der Waals surface area (Å²) in [4.78, 5) is 0. The Morgan fingerprint density at radius 2 is 2.24 bits per heavy atom. The maximum atomic E-state index is 13.9. The quantitative estimate of drug-likeness (QED) is 0.874. The lowest BCUT2D eigenvalue weighted by Crippen LogP contribution is -2.40. The number of hydrogen-bond acceptors (Lipinski definition) is 2. The number of rotatable bonds is 2. The molecule has 94 valence electrons. The van der Waals surface area contributed by atoms with E-state index in [2.05, 4.69) is 42.0 Å². The van der Waals surface area contributed by atoms with Crippen molar-refractivity contribution in [1.29, 1.82) is 0 Å². The lowest BCUT2D eigenvalue weighted by Gasteiger charge is -2.40. The van der Waals surface area contributed by atoms with E-state index in [0.717, 1.165) is 27.9 Å². The van der Waals surface area contributed by atoms with Crippen molar-refractivity contribution >= 4 is 27.7 Å². The molecule has 1 aliphatic rings. The highest BCUT2D eigenvalue weighted by Gasteiger charge is 2.38. The number of nitrogens with one attached hydrogen (secondary N) is 1. The molecule has 0 bridgehead atoms. The van der Waals surface area contributed by atoms with Crippen LogP contribution in [0, 0.1) is 5.82 Å². The van der Waals surface area contributed by atoms with Gasteiger partial charge in [-0.25, -0.2) is 4.39 Å². The third-order valence-corrected chi connectivity index (χ3v) is 5.33. The second-order valence-electron chi connectivity index (χ2n) is 4.80. The first kappa shape index (κ1) is 13.4. The zero-order valence-corrected chi connectivity index (χ0v) is 12.7. The van der Waals surface area contributed by atoms with Crippen molar-refractivity contribution in [1.82, 2.24) is 5.32 Å². The van der Waals surface area contributed by atoms with Crippen LogP contribution in [0.3, 0.4) is 0 Å². The Balaban J connectivity index is 2.55. The monoisotopic (exact) mass is 317 g/mol. The molecule has 1 aromatic carbocycles. The van der Waals surface area contributed by atoms with Crippen molar-refractivity contribution in [3.05, 3.63) is 33.5 Å². The van der Waals surface area contributed by atoms with Crippen LogP contribution in [0.25, 0.3) is 0 Å². The molecule has 0 amide bonds. The maximum absolute atomic E-state index is 13.9. The molecule has 1 aromatic rings. The zero-order chi connectivity index (χ0) is 12.6. The fraction of sp³-hybridized carbons (Fsp3) is 0.538. The van der Waals surface area contributed by atoms with Gasteiger partial charge in [0.25, 0.3) is 0 Å². The van der Waals surface area contributed by atoms with Gasteiger partial charge in [0.1, 0.15) is 5.82 Å². The second kappa shape index (κ2) is 4.90. The van der Waals surface area contributed by atoms with Gasteiger partial charge in [0.15, 0.2) is 0 Å². The van der Waals surface area contributed by atoms with Gasteiger partial charge in [-0.15, -0.1) is 11.8 Å². The van der Waals surface area contributed by atoms with E-state index in [1.54, 1.807) is 6.07 Å². The van der Waals surface area contributed by atoms with Crippen LogP contribution in [-0.2, 0) is 5.75 Å². The van der Waals surface area contributed by atoms with Crippen molar-refractivity contribution in [2.75, 3.05) is 6.54 Å². The number of fused-ring (bicyclic) bond motifs is 1. The van der Waals surface area contributed by atoms with E-state index in [9.17, 15) is 4.39 Å². The summed E-state index contributed by atoms with van der Waals surface area (Å²) in [6, 6.07) is 3.54. The molecule has 1 heterocycles. The summed E-state index contributed by atoms with van der Waals surface area (Å²) in [6.07, 6.45) is 0. The molecule has 17 heavy (non-hydrogen) atoms. The summed E-state index contributed by atoms with van der Waals surface area (Å²) in [5.41, 5.74) is 1.94. The van der Waals surface area contributed by atoms with Gasteiger partial charge in [0.05, 0.1) is 0 Å². The topological polar surface area (TPSA) is 12.0 Å². The van der Waals surface area contributed by atoms with Crippen LogP contribution in [0.15, 0.2) is 16.6 Å². The minimum Gasteiger partial charge on any atom is -0.309 e. The van der Waals surface area contributed by atoms with Gasteiger partial charge >= 0.3 is 0 Å². The molecule has 1 nitrogen and oxygen atoms in total. The van der Waals surface area contributed by atoms with Crippen LogP contribution in [0.2, 0.25) is 0 Å². The van der Waals surface area contributed by atoms with E-state index >= 15 is 0 Å². The lowest BCUT2D eigenvalue weighted by atomic mass is 9.91. The highest BCUT2D eigenvalue weighted by molar-refractivity contribution is 9.10. The third kappa shape index (κ3) is 2.40. The Bertz CT molecular complexity index is 434. The highest BCUT2D eigenvalue weighted by atomic mass is 79.9. The Morgan fingerprint density at radius 1 is 1.53 bits per heavy atom. The Morgan fingerprint density at radius 3 is 2.88 bits per heavy atom. The smallest absolute Gasteiger partial charge is 0.127 e. The minimum absolute atomic E-state index is 0.0827. The van der Waals surface area contributed by atoms with E-state index in [4.69, 9.17) is 0 Å². The normalized spacial score (nSPS) is 22.3. The van der Waals surface area contributed by atoms with Gasteiger partial charge in [-0.05, 0) is 38.1 Å². The van der Waals surface area contributed by atoms with E-state index in [1.807, 2.05) is 17.8 Å². The molecule has 1 unspecified atom stereocenters. The molecule has 0 spiro atoms. The van der Waals surface area contributed by atoms with Crippen LogP contribution >= 0.6 is 27.7 Å². The average Bonchev–Trinajstić information content (AvgIpc) is 2.27. The second-order valence-corrected chi connectivity index (χ2v) is 7.29. The molecule has 2 rings (SSSR count). The van der Waals surface area contributed by atoms with Gasteiger partial charge in [-0.3, -0.25) is 0 Å². The molecule has 4 heteroatoms. The van der Waals surface area contributed by atoms with Crippen LogP contribution in [-0.4, -0.2) is 11.3 Å². The number of benzene rings is 1. The summed E-state index contributed by atoms with van der Waals surface area (Å²) in [7, 11) is 0. The largest absolute Gasteiger partial charge is 0.309 e. The fourth-order valence-electron chi connectivity index (χ4n) is 2.31. The first-order chi connectivity index (χ1) is 7.97. The number of hydrogen-bond donors (Lipinski definition) is 1. The van der Waals surface area contributed by atoms with Gasteiger partial charge in [-0.2, -0.15) is 0 Å². The summed E-state index contributed by atoms with van der Waals surface area (Å²) in [6.45, 7) is 7.40. The van der Waals surface area contributed by atoms with E-state index < -0.39 is 0 Å². The molecule has 0 saturated heterocycles. The van der Waals surface area contributed by atoms with Crippen LogP contribution < -0.4 is 5.32 Å². The molecule has 1 N–H and O–H groups in total. The molecular formula is C13H17BrFNS. The molecule has 0 radical (unpaired) electrons. The van der Waals surface area contributed by atoms with Crippen molar-refractivity contribution in [2.24, 2.45) is 0 Å². The predicted molar refractivity (Wildman–Crippen MR) is 75.9 cm³/mol. The Hall–Kier alpha value is -0.0600. The van der Waals surface area contributed by atoms with E-state index in [0.29, 0.717) is 0 Å². The molecule has 1 aliphatic heterocycles. The molecule has 0 saturated carbocycles. The van der Waals surface area contributed by atoms with Crippen molar-refractivity contribution < 1.29 is 4.39 Å². The molecule has 0 aliphatic carbocycles. The molecule has 0 aromatic heterocycles. The average molecular weight is 318 g/mol. The molecular weight excluding hydrogens is 301 g/mol. The minimum atomic E-state index is -0.0888. The first-order valence-electron chi connectivity index (χ1n) is 5.81. The third-order valence-electron chi connectivity index (χ3n) is 3.23. The van der Waals surface area contributed by atoms with Crippen LogP contribution in [0.4, 0.5) is 4.39 Å². The van der Waals surface area contributed by atoms with Crippen LogP contribution in [0.1, 0.15) is 37.9 Å². The van der Waals surface area contributed by atoms with Crippen LogP contribution in [0.5, 0.6) is 0 Å². The van der Waals surface area contributed by atoms with E-state index in [1.165, 1.54) is 0 Å². The van der Waals surface area contributed by atoms with Crippen molar-refractivity contribution in [2.45, 2.75) is 37.3 Å². The van der Waals surface area contributed by atoms with Gasteiger partial charge in [0.2, 0.25) is 0 Å². The van der Waals surface area contributed by atoms with Crippen molar-refractivity contribution in [3.63, 3.8) is 0 Å². The first-order valence-corrected chi connectivity index (χ1v) is 7.59. The molecule has 0 fully saturated rings. The summed E-state index contributed by atoms with van der Waals surface area (Å²) in [5.74, 6) is 0.657. The summed E-state index contributed by atoms with van der Waals surface area (Å²) < 4.78 is 14.9. The predicted octanol–water partition coefficient (Wildman–Crippen LogP) is 4.26. The van der Waals surface area contributed by atoms with Crippen molar-refractivity contribution in [3.8, 4) is 0 Å².